The van der Waals surface area contributed by atoms with E-state index >= 15 is 0 Å². The first-order valence-electron chi connectivity index (χ1n) is 21.8. The van der Waals surface area contributed by atoms with Crippen molar-refractivity contribution in [1.29, 1.82) is 0 Å². The van der Waals surface area contributed by atoms with Crippen molar-refractivity contribution in [1.82, 2.24) is 25.3 Å². The number of benzene rings is 3. The minimum Gasteiger partial charge on any atom is -0.478 e. The number of sulfonamides is 1. The predicted octanol–water partition coefficient (Wildman–Crippen LogP) is 4.81. The van der Waals surface area contributed by atoms with Crippen molar-refractivity contribution >= 4 is 90.7 Å². The molecule has 0 spiro atoms. The summed E-state index contributed by atoms with van der Waals surface area (Å²) < 4.78 is 38.4. The molecule has 0 fully saturated rings. The molecule has 372 valence electrons. The van der Waals surface area contributed by atoms with Crippen LogP contribution in [0.25, 0.3) is 0 Å². The predicted molar refractivity (Wildman–Crippen MR) is 290 cm³/mol. The van der Waals surface area contributed by atoms with E-state index < -0.39 is 34.0 Å². The average molecular weight is 1210 g/mol. The number of halogens is 2. The van der Waals surface area contributed by atoms with E-state index in [9.17, 15) is 27.6 Å². The number of anilines is 2. The lowest BCUT2D eigenvalue weighted by Crippen LogP contribution is -2.46. The zero-order chi connectivity index (χ0) is 52.0. The second-order valence-corrected chi connectivity index (χ2v) is 17.9. The van der Waals surface area contributed by atoms with Crippen molar-refractivity contribution in [3.63, 3.8) is 0 Å². The topological polar surface area (TPSA) is 281 Å². The number of carboxylic acid groups (broad SMARTS) is 1. The number of carboxylic acids is 1. The molecule has 2 unspecified atom stereocenters. The van der Waals surface area contributed by atoms with Gasteiger partial charge in [0.1, 0.15) is 23.7 Å². The second kappa shape index (κ2) is 32.3. The maximum Gasteiger partial charge on any atom is 0.335 e. The van der Waals surface area contributed by atoms with Crippen molar-refractivity contribution in [3.05, 3.63) is 152 Å². The Morgan fingerprint density at radius 1 is 0.676 bits per heavy atom. The molecule has 0 aliphatic carbocycles. The molecule has 0 radical (unpaired) electrons. The van der Waals surface area contributed by atoms with Crippen LogP contribution in [-0.4, -0.2) is 85.7 Å². The third-order valence-corrected chi connectivity index (χ3v) is 11.4. The van der Waals surface area contributed by atoms with Crippen LogP contribution in [0.4, 0.5) is 11.6 Å². The Morgan fingerprint density at radius 2 is 1.17 bits per heavy atom. The van der Waals surface area contributed by atoms with Crippen LogP contribution in [0.15, 0.2) is 109 Å². The molecule has 3 aromatic carbocycles. The first kappa shape index (κ1) is 58.7. The van der Waals surface area contributed by atoms with Gasteiger partial charge < -0.3 is 37.1 Å². The van der Waals surface area contributed by atoms with Crippen LogP contribution in [0.5, 0.6) is 0 Å². The highest BCUT2D eigenvalue weighted by Crippen LogP contribution is 2.12. The molecule has 20 heteroatoms. The fraction of sp³-hybridized carbons (Fsp3) is 0.255. The number of nitrogens with one attached hydrogen (secondary N) is 3. The monoisotopic (exact) mass is 1210 g/mol. The van der Waals surface area contributed by atoms with Gasteiger partial charge in [-0.2, -0.15) is 13.1 Å². The molecule has 2 aromatic heterocycles. The minimum absolute atomic E-state index is 0.128. The van der Waals surface area contributed by atoms with Crippen molar-refractivity contribution in [2.75, 3.05) is 37.8 Å². The molecule has 17 nitrogen and oxygen atoms in total. The van der Waals surface area contributed by atoms with Gasteiger partial charge in [0, 0.05) is 74.6 Å². The molecule has 2 atom stereocenters. The molecule has 0 saturated carbocycles. The van der Waals surface area contributed by atoms with E-state index in [4.69, 9.17) is 27.0 Å². The highest BCUT2D eigenvalue weighted by molar-refractivity contribution is 14.1. The maximum atomic E-state index is 12.7. The summed E-state index contributed by atoms with van der Waals surface area (Å²) in [7, 11) is -3.99. The van der Waals surface area contributed by atoms with Gasteiger partial charge in [-0.1, -0.05) is 48.5 Å². The van der Waals surface area contributed by atoms with Crippen molar-refractivity contribution in [2.24, 2.45) is 5.73 Å². The largest absolute Gasteiger partial charge is 0.478 e. The Hall–Kier alpha value is -6.59. The molecular weight excluding hydrogens is 1150 g/mol. The van der Waals surface area contributed by atoms with Crippen LogP contribution >= 0.6 is 45.2 Å². The van der Waals surface area contributed by atoms with Gasteiger partial charge in [0.05, 0.1) is 24.0 Å². The zero-order valence-corrected chi connectivity index (χ0v) is 44.0. The Balaban J connectivity index is 0.000000306. The van der Waals surface area contributed by atoms with E-state index in [0.29, 0.717) is 29.3 Å². The van der Waals surface area contributed by atoms with Crippen LogP contribution < -0.4 is 32.6 Å². The normalized spacial score (nSPS) is 11.0. The van der Waals surface area contributed by atoms with Gasteiger partial charge in [-0.3, -0.25) is 19.7 Å². The first-order chi connectivity index (χ1) is 34.1. The molecule has 2 heterocycles. The Kier molecular flexibility index (Phi) is 26.7. The van der Waals surface area contributed by atoms with E-state index in [1.807, 2.05) is 82.8 Å². The van der Waals surface area contributed by atoms with Crippen molar-refractivity contribution < 1.29 is 42.2 Å². The number of amides is 1. The summed E-state index contributed by atoms with van der Waals surface area (Å²) in [5.74, 6) is 7.78. The minimum atomic E-state index is -3.99. The number of nitrogens with two attached hydrogens (primary N) is 3. The third-order valence-electron chi connectivity index (χ3n) is 9.44. The number of pyridine rings is 2. The number of carbonyl (C=O) groups is 4. The third kappa shape index (κ3) is 23.7. The van der Waals surface area contributed by atoms with Gasteiger partial charge in [0.2, 0.25) is 0 Å². The number of aromatic nitrogens is 2. The molecule has 1 amide bonds. The lowest BCUT2D eigenvalue weighted by Gasteiger charge is -2.18. The number of aromatic carboxylic acids is 1. The first-order valence-corrected chi connectivity index (χ1v) is 25.5. The molecule has 5 rings (SSSR count). The molecule has 0 aliphatic rings. The zero-order valence-electron chi connectivity index (χ0n) is 38.9. The summed E-state index contributed by atoms with van der Waals surface area (Å²) in [5.41, 5.74) is 22.6. The van der Waals surface area contributed by atoms with Crippen molar-refractivity contribution in [2.45, 2.75) is 58.2 Å². The number of rotatable bonds is 20. The Labute approximate surface area is 441 Å². The molecule has 0 saturated heterocycles. The van der Waals surface area contributed by atoms with E-state index in [0.717, 1.165) is 57.3 Å². The number of aryl methyl sites for hydroxylation is 4. The van der Waals surface area contributed by atoms with E-state index in [1.165, 1.54) is 0 Å². The molecule has 5 aromatic rings. The Morgan fingerprint density at radius 3 is 1.65 bits per heavy atom. The highest BCUT2D eigenvalue weighted by Gasteiger charge is 2.23. The number of esters is 2. The lowest BCUT2D eigenvalue weighted by molar-refractivity contribution is -0.146. The number of hydrogen-bond acceptors (Lipinski definition) is 14. The molecule has 10 N–H and O–H groups in total. The number of nitrogen functional groups attached to an aromatic ring is 2. The average Bonchev–Trinajstić information content (AvgIpc) is 3.35. The fourth-order valence-corrected chi connectivity index (χ4v) is 7.21. The van der Waals surface area contributed by atoms with Crippen LogP contribution in [-0.2, 0) is 61.3 Å². The van der Waals surface area contributed by atoms with E-state index in [1.54, 1.807) is 72.8 Å². The van der Waals surface area contributed by atoms with Gasteiger partial charge in [-0.15, -0.1) is 0 Å². The van der Waals surface area contributed by atoms with Gasteiger partial charge in [-0.05, 0) is 155 Å². The van der Waals surface area contributed by atoms with Gasteiger partial charge in [-0.25, -0.2) is 14.8 Å². The quantitative estimate of drug-likeness (QED) is 0.0313. The van der Waals surface area contributed by atoms with Crippen LogP contribution in [0.1, 0.15) is 62.6 Å². The van der Waals surface area contributed by atoms with Gasteiger partial charge >= 0.3 is 17.9 Å². The standard InChI is InChI=1S/C26H29IN4O3.C14H14N2O2.C11H11IN2O4S/c1-2-34-26(33)23(29-16-19-8-13-21(27)14-9-19)17-30-25(32)20-11-6-18(7-12-20)10-15-22-4-3-5-24(28)31-22;15-13-3-1-2-12(16-13)9-6-10-4-7-11(8-5-10)14(17)18;1-2-18-11(15)10(9-13)14-19(16,17)8-6-4-3-5-7-12/h3-9,11-14,23,29H,2,10,15-17H2,1H3,(H2,28,31)(H,30,32);1-5,7-8H,6,9H2,(H2,15,16)(H,17,18);10,14H,2,9,13H2,1H3. The van der Waals surface area contributed by atoms with E-state index in [-0.39, 0.29) is 38.2 Å². The summed E-state index contributed by atoms with van der Waals surface area (Å²) in [6.07, 6.45) is 3.17. The van der Waals surface area contributed by atoms with Crippen LogP contribution in [0, 0.1) is 36.4 Å². The van der Waals surface area contributed by atoms with Crippen LogP contribution in [0.2, 0.25) is 0 Å². The molecular formula is C51H54I2N8O9S. The fourth-order valence-electron chi connectivity index (χ4n) is 5.91. The maximum absolute atomic E-state index is 12.7. The highest BCUT2D eigenvalue weighted by atomic mass is 127. The number of carbonyl (C=O) groups excluding carboxylic acids is 3. The summed E-state index contributed by atoms with van der Waals surface area (Å²) in [6.45, 7) is 4.16. The van der Waals surface area contributed by atoms with Gasteiger partial charge in [0.25, 0.3) is 15.9 Å². The summed E-state index contributed by atoms with van der Waals surface area (Å²) in [5, 5.41) is 16.7. The molecule has 71 heavy (non-hydrogen) atoms. The lowest BCUT2D eigenvalue weighted by atomic mass is 10.1. The number of hydrogen-bond donors (Lipinski definition) is 7. The van der Waals surface area contributed by atoms with Crippen molar-refractivity contribution in [3.8, 4) is 32.9 Å². The second-order valence-electron chi connectivity index (χ2n) is 14.7. The summed E-state index contributed by atoms with van der Waals surface area (Å²) in [6, 6.07) is 31.7. The van der Waals surface area contributed by atoms with E-state index in [2.05, 4.69) is 75.5 Å². The Bertz CT molecular complexity index is 2840. The smallest absolute Gasteiger partial charge is 0.335 e. The van der Waals surface area contributed by atoms with Gasteiger partial charge in [0.15, 0.2) is 0 Å². The number of ether oxygens (including phenoxy) is 2. The van der Waals surface area contributed by atoms with Crippen LogP contribution in [0.3, 0.4) is 0 Å². The summed E-state index contributed by atoms with van der Waals surface area (Å²) in [4.78, 5) is 55.6. The molecule has 0 bridgehead atoms. The molecule has 0 aliphatic heterocycles. The SMILES string of the molecule is CCOC(=O)C(CN)NS(=O)(=O)C#CC#CC#CI.CCOC(=O)C(CNC(=O)c1ccc(CCc2cccc(N)n2)cc1)NCc1ccc(I)cc1.Nc1cccc(CCc2ccc(C(=O)O)cc2)n1. The number of nitrogens with zero attached hydrogens (tertiary/aromatic N) is 2. The summed E-state index contributed by atoms with van der Waals surface area (Å²) >= 11 is 4.03.